The van der Waals surface area contributed by atoms with Gasteiger partial charge in [0, 0.05) is 0 Å². The highest BCUT2D eigenvalue weighted by Crippen LogP contribution is 2.17. The molecule has 3 heteroatoms. The van der Waals surface area contributed by atoms with Gasteiger partial charge in [0.05, 0.1) is 18.8 Å². The molecule has 1 rings (SSSR count). The Morgan fingerprint density at radius 3 is 2.57 bits per heavy atom. The minimum atomic E-state index is -0.387. The maximum Gasteiger partial charge on any atom is 0.0624 e. The maximum absolute atomic E-state index is 9.28. The van der Waals surface area contributed by atoms with Gasteiger partial charge in [0.2, 0.25) is 0 Å². The molecule has 0 bridgehead atoms. The van der Waals surface area contributed by atoms with Gasteiger partial charge in [-0.3, -0.25) is 0 Å². The fraction of sp³-hybridized carbons (Fsp3) is 0.455. The van der Waals surface area contributed by atoms with Gasteiger partial charge in [0.25, 0.3) is 0 Å². The lowest BCUT2D eigenvalue weighted by atomic mass is 9.97. The van der Waals surface area contributed by atoms with Crippen molar-refractivity contribution in [3.05, 3.63) is 35.4 Å². The second-order valence-electron chi connectivity index (χ2n) is 3.54. The van der Waals surface area contributed by atoms with E-state index in [0.717, 1.165) is 11.1 Å². The minimum absolute atomic E-state index is 0.0726. The van der Waals surface area contributed by atoms with Crippen LogP contribution in [0.5, 0.6) is 0 Å². The molecule has 0 aliphatic rings. The summed E-state index contributed by atoms with van der Waals surface area (Å²) in [5.41, 5.74) is 7.66. The molecule has 1 aromatic rings. The molecule has 2 unspecified atom stereocenters. The second kappa shape index (κ2) is 5.10. The van der Waals surface area contributed by atoms with E-state index in [0.29, 0.717) is 6.42 Å². The molecule has 0 radical (unpaired) electrons. The van der Waals surface area contributed by atoms with Crippen molar-refractivity contribution in [2.45, 2.75) is 25.5 Å². The SMILES string of the molecule is CC(O)Cc1ccccc1C(N)CO. The molecule has 0 heterocycles. The third-order valence-electron chi connectivity index (χ3n) is 2.17. The number of hydrogen-bond acceptors (Lipinski definition) is 3. The van der Waals surface area contributed by atoms with Crippen LogP contribution in [0.15, 0.2) is 24.3 Å². The lowest BCUT2D eigenvalue weighted by molar-refractivity contribution is 0.194. The summed E-state index contributed by atoms with van der Waals surface area (Å²) >= 11 is 0. The third kappa shape index (κ3) is 2.80. The zero-order valence-electron chi connectivity index (χ0n) is 8.35. The standard InChI is InChI=1S/C11H17NO2/c1-8(14)6-9-4-2-3-5-10(9)11(12)7-13/h2-5,8,11,13-14H,6-7,12H2,1H3. The average molecular weight is 195 g/mol. The lowest BCUT2D eigenvalue weighted by Crippen LogP contribution is -2.18. The Kier molecular flexibility index (Phi) is 4.07. The molecule has 1 aromatic carbocycles. The summed E-state index contributed by atoms with van der Waals surface area (Å²) in [7, 11) is 0. The molecule has 0 fully saturated rings. The Balaban J connectivity index is 2.91. The van der Waals surface area contributed by atoms with E-state index in [9.17, 15) is 5.11 Å². The van der Waals surface area contributed by atoms with Crippen LogP contribution < -0.4 is 5.73 Å². The van der Waals surface area contributed by atoms with E-state index in [1.807, 2.05) is 24.3 Å². The van der Waals surface area contributed by atoms with Crippen molar-refractivity contribution in [3.63, 3.8) is 0 Å². The predicted molar refractivity (Wildman–Crippen MR) is 55.8 cm³/mol. The highest BCUT2D eigenvalue weighted by atomic mass is 16.3. The first-order chi connectivity index (χ1) is 6.65. The van der Waals surface area contributed by atoms with E-state index in [1.54, 1.807) is 6.92 Å². The molecule has 2 atom stereocenters. The molecule has 3 nitrogen and oxygen atoms in total. The summed E-state index contributed by atoms with van der Waals surface area (Å²) in [6.07, 6.45) is 0.186. The number of aliphatic hydroxyl groups is 2. The fourth-order valence-corrected chi connectivity index (χ4v) is 1.50. The van der Waals surface area contributed by atoms with E-state index in [1.165, 1.54) is 0 Å². The van der Waals surface area contributed by atoms with Crippen LogP contribution in [0.2, 0.25) is 0 Å². The van der Waals surface area contributed by atoms with Crippen molar-refractivity contribution in [1.29, 1.82) is 0 Å². The second-order valence-corrected chi connectivity index (χ2v) is 3.54. The van der Waals surface area contributed by atoms with Crippen molar-refractivity contribution >= 4 is 0 Å². The molecular formula is C11H17NO2. The van der Waals surface area contributed by atoms with Gasteiger partial charge < -0.3 is 15.9 Å². The number of rotatable bonds is 4. The van der Waals surface area contributed by atoms with Gasteiger partial charge in [-0.1, -0.05) is 24.3 Å². The zero-order chi connectivity index (χ0) is 10.6. The number of aliphatic hydroxyl groups excluding tert-OH is 2. The quantitative estimate of drug-likeness (QED) is 0.659. The topological polar surface area (TPSA) is 66.5 Å². The zero-order valence-corrected chi connectivity index (χ0v) is 8.35. The Hall–Kier alpha value is -0.900. The van der Waals surface area contributed by atoms with E-state index in [-0.39, 0.29) is 18.8 Å². The number of hydrogen-bond donors (Lipinski definition) is 3. The Morgan fingerprint density at radius 2 is 2.00 bits per heavy atom. The van der Waals surface area contributed by atoms with Crippen molar-refractivity contribution < 1.29 is 10.2 Å². The summed E-state index contributed by atoms with van der Waals surface area (Å²) in [5, 5.41) is 18.2. The van der Waals surface area contributed by atoms with Gasteiger partial charge in [-0.15, -0.1) is 0 Å². The van der Waals surface area contributed by atoms with Crippen molar-refractivity contribution in [1.82, 2.24) is 0 Å². The number of nitrogens with two attached hydrogens (primary N) is 1. The van der Waals surface area contributed by atoms with Crippen LogP contribution >= 0.6 is 0 Å². The van der Waals surface area contributed by atoms with Gasteiger partial charge in [0.1, 0.15) is 0 Å². The molecule has 78 valence electrons. The molecular weight excluding hydrogens is 178 g/mol. The fourth-order valence-electron chi connectivity index (χ4n) is 1.50. The molecule has 0 aromatic heterocycles. The summed E-state index contributed by atoms with van der Waals surface area (Å²) in [6, 6.07) is 7.25. The average Bonchev–Trinajstić information content (AvgIpc) is 2.16. The van der Waals surface area contributed by atoms with Crippen molar-refractivity contribution in [2.24, 2.45) is 5.73 Å². The van der Waals surface area contributed by atoms with Gasteiger partial charge >= 0.3 is 0 Å². The van der Waals surface area contributed by atoms with Gasteiger partial charge in [-0.25, -0.2) is 0 Å². The Bertz CT molecular complexity index is 286. The largest absolute Gasteiger partial charge is 0.394 e. The predicted octanol–water partition coefficient (Wildman–Crippen LogP) is 0.602. The first-order valence-electron chi connectivity index (χ1n) is 4.77. The van der Waals surface area contributed by atoms with Crippen LogP contribution in [0.25, 0.3) is 0 Å². The smallest absolute Gasteiger partial charge is 0.0624 e. The van der Waals surface area contributed by atoms with Crippen LogP contribution in [0, 0.1) is 0 Å². The van der Waals surface area contributed by atoms with Crippen LogP contribution in [0.4, 0.5) is 0 Å². The molecule has 4 N–H and O–H groups in total. The van der Waals surface area contributed by atoms with Crippen LogP contribution in [0.1, 0.15) is 24.1 Å². The van der Waals surface area contributed by atoms with E-state index >= 15 is 0 Å². The molecule has 0 amide bonds. The van der Waals surface area contributed by atoms with Gasteiger partial charge in [-0.2, -0.15) is 0 Å². The first-order valence-corrected chi connectivity index (χ1v) is 4.77. The van der Waals surface area contributed by atoms with Crippen LogP contribution in [-0.2, 0) is 6.42 Å². The number of benzene rings is 1. The molecule has 14 heavy (non-hydrogen) atoms. The van der Waals surface area contributed by atoms with E-state index in [4.69, 9.17) is 10.8 Å². The molecule has 0 saturated heterocycles. The summed E-state index contributed by atoms with van der Waals surface area (Å²) in [6.45, 7) is 1.66. The molecule has 0 saturated carbocycles. The third-order valence-corrected chi connectivity index (χ3v) is 2.17. The van der Waals surface area contributed by atoms with Crippen LogP contribution in [-0.4, -0.2) is 22.9 Å². The Morgan fingerprint density at radius 1 is 1.36 bits per heavy atom. The van der Waals surface area contributed by atoms with Gasteiger partial charge in [0.15, 0.2) is 0 Å². The monoisotopic (exact) mass is 195 g/mol. The summed E-state index contributed by atoms with van der Waals surface area (Å²) in [4.78, 5) is 0. The summed E-state index contributed by atoms with van der Waals surface area (Å²) in [5.74, 6) is 0. The van der Waals surface area contributed by atoms with Crippen LogP contribution in [0.3, 0.4) is 0 Å². The van der Waals surface area contributed by atoms with E-state index in [2.05, 4.69) is 0 Å². The Labute approximate surface area is 84.2 Å². The first kappa shape index (κ1) is 11.2. The van der Waals surface area contributed by atoms with Crippen molar-refractivity contribution in [3.8, 4) is 0 Å². The summed E-state index contributed by atoms with van der Waals surface area (Å²) < 4.78 is 0. The highest BCUT2D eigenvalue weighted by Gasteiger charge is 2.10. The van der Waals surface area contributed by atoms with Crippen molar-refractivity contribution in [2.75, 3.05) is 6.61 Å². The van der Waals surface area contributed by atoms with Gasteiger partial charge in [-0.05, 0) is 24.5 Å². The molecule has 0 aliphatic carbocycles. The lowest BCUT2D eigenvalue weighted by Gasteiger charge is -2.15. The minimum Gasteiger partial charge on any atom is -0.394 e. The van der Waals surface area contributed by atoms with E-state index < -0.39 is 0 Å². The normalized spacial score (nSPS) is 15.1. The maximum atomic E-state index is 9.28. The highest BCUT2D eigenvalue weighted by molar-refractivity contribution is 5.30. The molecule has 0 aliphatic heterocycles. The molecule has 0 spiro atoms.